The smallest absolute Gasteiger partial charge is 0.192 e. The summed E-state index contributed by atoms with van der Waals surface area (Å²) in [4.78, 5) is 3.84. The second-order valence-corrected chi connectivity index (χ2v) is 12.5. The number of thioether (sulfide) groups is 1. The van der Waals surface area contributed by atoms with Crippen molar-refractivity contribution in [2.75, 3.05) is 31.6 Å². The molecule has 2 aliphatic heterocycles. The van der Waals surface area contributed by atoms with E-state index in [9.17, 15) is 8.42 Å². The second kappa shape index (κ2) is 9.57. The summed E-state index contributed by atoms with van der Waals surface area (Å²) in [5.74, 6) is 0.826. The Bertz CT molecular complexity index is 1250. The van der Waals surface area contributed by atoms with E-state index in [1.165, 1.54) is 31.1 Å². The number of nitrogens with zero attached hydrogens (tertiary/aromatic N) is 1. The number of rotatable bonds is 7. The molecule has 0 bridgehead atoms. The van der Waals surface area contributed by atoms with Crippen LogP contribution < -0.4 is 10.1 Å². The zero-order chi connectivity index (χ0) is 22.8. The van der Waals surface area contributed by atoms with Crippen LogP contribution in [0.4, 0.5) is 5.69 Å². The number of ether oxygens (including phenoxy) is 1. The van der Waals surface area contributed by atoms with Crippen molar-refractivity contribution in [3.63, 3.8) is 0 Å². The molecule has 2 atom stereocenters. The van der Waals surface area contributed by atoms with E-state index in [1.807, 2.05) is 48.5 Å². The highest BCUT2D eigenvalue weighted by atomic mass is 32.3. The van der Waals surface area contributed by atoms with Crippen molar-refractivity contribution < 1.29 is 13.2 Å². The lowest BCUT2D eigenvalue weighted by Gasteiger charge is -2.26. The van der Waals surface area contributed by atoms with E-state index in [1.54, 1.807) is 12.1 Å². The van der Waals surface area contributed by atoms with Gasteiger partial charge < -0.3 is 15.0 Å². The molecule has 3 aromatic carbocycles. The van der Waals surface area contributed by atoms with E-state index in [0.29, 0.717) is 24.1 Å². The number of anilines is 1. The summed E-state index contributed by atoms with van der Waals surface area (Å²) in [6.07, 6.45) is 3.61. The average Bonchev–Trinajstić information content (AvgIpc) is 3.25. The lowest BCUT2D eigenvalue weighted by Crippen LogP contribution is -2.29. The van der Waals surface area contributed by atoms with Gasteiger partial charge in [0, 0.05) is 30.1 Å². The van der Waals surface area contributed by atoms with Gasteiger partial charge in [0.15, 0.2) is 9.84 Å². The molecule has 1 fully saturated rings. The van der Waals surface area contributed by atoms with Crippen LogP contribution in [0, 0.1) is 0 Å². The van der Waals surface area contributed by atoms with Gasteiger partial charge in [0.25, 0.3) is 0 Å². The molecule has 33 heavy (non-hydrogen) atoms. The number of sulfone groups is 1. The lowest BCUT2D eigenvalue weighted by atomic mass is 10.1. The SMILES string of the molecule is CC1CCCN1CCCOc1ccc2c(c1)NCC(S(=O)(=O)c1ccc3ccccc3c1)S2. The van der Waals surface area contributed by atoms with E-state index in [0.717, 1.165) is 40.1 Å². The van der Waals surface area contributed by atoms with Gasteiger partial charge in [0.05, 0.1) is 17.2 Å². The van der Waals surface area contributed by atoms with Gasteiger partial charge in [-0.2, -0.15) is 0 Å². The van der Waals surface area contributed by atoms with Crippen LogP contribution >= 0.6 is 11.8 Å². The van der Waals surface area contributed by atoms with Crippen LogP contribution in [-0.2, 0) is 9.84 Å². The highest BCUT2D eigenvalue weighted by molar-refractivity contribution is 8.13. The van der Waals surface area contributed by atoms with Crippen molar-refractivity contribution in [3.8, 4) is 5.75 Å². The van der Waals surface area contributed by atoms with Gasteiger partial charge in [-0.15, -0.1) is 11.8 Å². The number of nitrogens with one attached hydrogen (secondary N) is 1. The summed E-state index contributed by atoms with van der Waals surface area (Å²) >= 11 is 1.41. The second-order valence-electron chi connectivity index (χ2n) is 8.87. The molecule has 174 valence electrons. The van der Waals surface area contributed by atoms with Crippen molar-refractivity contribution >= 4 is 38.1 Å². The predicted octanol–water partition coefficient (Wildman–Crippen LogP) is 5.41. The zero-order valence-electron chi connectivity index (χ0n) is 18.9. The quantitative estimate of drug-likeness (QED) is 0.455. The summed E-state index contributed by atoms with van der Waals surface area (Å²) in [6, 6.07) is 19.8. The molecule has 5 nitrogen and oxygen atoms in total. The van der Waals surface area contributed by atoms with E-state index in [2.05, 4.69) is 17.1 Å². The number of likely N-dealkylation sites (tertiary alicyclic amines) is 1. The predicted molar refractivity (Wildman–Crippen MR) is 136 cm³/mol. The molecule has 5 rings (SSSR count). The molecule has 0 aliphatic carbocycles. The standard InChI is InChI=1S/C26H30N2O3S2/c1-19-6-4-13-28(19)14-5-15-31-22-10-12-25-24(17-22)27-18-26(32-25)33(29,30)23-11-9-20-7-2-3-8-21(20)16-23/h2-3,7-12,16-17,19,26-27H,4-6,13-15,18H2,1H3. The van der Waals surface area contributed by atoms with Crippen LogP contribution in [0.2, 0.25) is 0 Å². The Balaban J connectivity index is 1.22. The Morgan fingerprint density at radius 1 is 1.09 bits per heavy atom. The summed E-state index contributed by atoms with van der Waals surface area (Å²) in [5.41, 5.74) is 0.940. The number of hydrogen-bond acceptors (Lipinski definition) is 6. The molecule has 0 amide bonds. The maximum atomic E-state index is 13.3. The summed E-state index contributed by atoms with van der Waals surface area (Å²) in [7, 11) is -3.47. The first-order valence-electron chi connectivity index (χ1n) is 11.6. The fourth-order valence-corrected chi connectivity index (χ4v) is 7.83. The molecule has 1 saturated heterocycles. The Morgan fingerprint density at radius 2 is 1.94 bits per heavy atom. The number of benzene rings is 3. The fourth-order valence-electron chi connectivity index (χ4n) is 4.67. The Morgan fingerprint density at radius 3 is 2.76 bits per heavy atom. The topological polar surface area (TPSA) is 58.6 Å². The minimum atomic E-state index is -3.47. The molecular weight excluding hydrogens is 452 g/mol. The molecule has 1 N–H and O–H groups in total. The van der Waals surface area contributed by atoms with Crippen LogP contribution in [0.1, 0.15) is 26.2 Å². The third-order valence-corrected chi connectivity index (χ3v) is 10.5. The Labute approximate surface area is 200 Å². The average molecular weight is 483 g/mol. The molecule has 0 aromatic heterocycles. The van der Waals surface area contributed by atoms with E-state index < -0.39 is 14.4 Å². The van der Waals surface area contributed by atoms with Crippen LogP contribution in [0.25, 0.3) is 10.8 Å². The lowest BCUT2D eigenvalue weighted by molar-refractivity contribution is 0.230. The summed E-state index contributed by atoms with van der Waals surface area (Å²) in [5, 5.41) is 5.30. The molecule has 2 heterocycles. The van der Waals surface area contributed by atoms with Gasteiger partial charge in [-0.1, -0.05) is 30.3 Å². The van der Waals surface area contributed by atoms with Crippen molar-refractivity contribution in [2.24, 2.45) is 0 Å². The molecule has 7 heteroatoms. The van der Waals surface area contributed by atoms with Gasteiger partial charge in [-0.05, 0) is 67.8 Å². The minimum Gasteiger partial charge on any atom is -0.493 e. The van der Waals surface area contributed by atoms with E-state index in [-0.39, 0.29) is 0 Å². The molecule has 2 aliphatic rings. The van der Waals surface area contributed by atoms with Crippen LogP contribution in [0.3, 0.4) is 0 Å². The number of hydrogen-bond donors (Lipinski definition) is 1. The van der Waals surface area contributed by atoms with Crippen LogP contribution in [-0.4, -0.2) is 50.2 Å². The first-order chi connectivity index (χ1) is 16.0. The highest BCUT2D eigenvalue weighted by Gasteiger charge is 2.32. The minimum absolute atomic E-state index is 0.364. The van der Waals surface area contributed by atoms with Crippen LogP contribution in [0.15, 0.2) is 70.5 Å². The van der Waals surface area contributed by atoms with Gasteiger partial charge in [0.2, 0.25) is 0 Å². The summed E-state index contributed by atoms with van der Waals surface area (Å²) in [6.45, 7) is 5.63. The largest absolute Gasteiger partial charge is 0.493 e. The molecule has 0 saturated carbocycles. The maximum absolute atomic E-state index is 13.3. The maximum Gasteiger partial charge on any atom is 0.192 e. The molecule has 3 aromatic rings. The van der Waals surface area contributed by atoms with Gasteiger partial charge in [-0.3, -0.25) is 0 Å². The van der Waals surface area contributed by atoms with Gasteiger partial charge in [0.1, 0.15) is 10.3 Å². The van der Waals surface area contributed by atoms with E-state index >= 15 is 0 Å². The molecule has 0 radical (unpaired) electrons. The normalized spacial score (nSPS) is 21.0. The highest BCUT2D eigenvalue weighted by Crippen LogP contribution is 2.41. The van der Waals surface area contributed by atoms with Crippen molar-refractivity contribution in [2.45, 2.75) is 46.6 Å². The van der Waals surface area contributed by atoms with E-state index in [4.69, 9.17) is 4.74 Å². The van der Waals surface area contributed by atoms with Crippen molar-refractivity contribution in [1.82, 2.24) is 4.90 Å². The van der Waals surface area contributed by atoms with Crippen LogP contribution in [0.5, 0.6) is 5.75 Å². The third-order valence-electron chi connectivity index (χ3n) is 6.61. The first-order valence-corrected chi connectivity index (χ1v) is 14.1. The van der Waals surface area contributed by atoms with Crippen molar-refractivity contribution in [3.05, 3.63) is 60.7 Å². The fraction of sp³-hybridized carbons (Fsp3) is 0.385. The first kappa shape index (κ1) is 22.6. The molecule has 2 unspecified atom stereocenters. The van der Waals surface area contributed by atoms with Gasteiger partial charge >= 0.3 is 0 Å². The Hall–Kier alpha value is -2.22. The Kier molecular flexibility index (Phi) is 6.54. The molecule has 0 spiro atoms. The van der Waals surface area contributed by atoms with Gasteiger partial charge in [-0.25, -0.2) is 8.42 Å². The van der Waals surface area contributed by atoms with Crippen molar-refractivity contribution in [1.29, 1.82) is 0 Å². The summed E-state index contributed by atoms with van der Waals surface area (Å²) < 4.78 is 32.1. The third kappa shape index (κ3) is 4.86. The number of fused-ring (bicyclic) bond motifs is 2. The zero-order valence-corrected chi connectivity index (χ0v) is 20.5. The molecular formula is C26H30N2O3S2. The monoisotopic (exact) mass is 482 g/mol.